The van der Waals surface area contributed by atoms with Gasteiger partial charge in [-0.2, -0.15) is 0 Å². The maximum atomic E-state index is 12.1. The van der Waals surface area contributed by atoms with E-state index in [1.807, 2.05) is 60.7 Å². The Kier molecular flexibility index (Phi) is 9.00. The Labute approximate surface area is 212 Å². The summed E-state index contributed by atoms with van der Waals surface area (Å²) in [5.74, 6) is 1.30. The van der Waals surface area contributed by atoms with Gasteiger partial charge in [0.1, 0.15) is 18.1 Å². The summed E-state index contributed by atoms with van der Waals surface area (Å²) in [6.45, 7) is 3.71. The predicted octanol–water partition coefficient (Wildman–Crippen LogP) is 5.68. The number of aromatic hydroxyl groups is 2. The Balaban J connectivity index is 0.000000197. The highest BCUT2D eigenvalue weighted by molar-refractivity contribution is 5.72. The van der Waals surface area contributed by atoms with Crippen LogP contribution >= 0.6 is 0 Å². The van der Waals surface area contributed by atoms with Gasteiger partial charge < -0.3 is 25.2 Å². The van der Waals surface area contributed by atoms with Gasteiger partial charge in [-0.1, -0.05) is 60.7 Å². The second-order valence-corrected chi connectivity index (χ2v) is 9.13. The zero-order valence-corrected chi connectivity index (χ0v) is 20.5. The maximum Gasteiger partial charge on any atom is 0.410 e. The van der Waals surface area contributed by atoms with Crippen molar-refractivity contribution in [2.75, 3.05) is 26.2 Å². The van der Waals surface area contributed by atoms with Gasteiger partial charge in [0.2, 0.25) is 0 Å². The third-order valence-electron chi connectivity index (χ3n) is 6.61. The lowest BCUT2D eigenvalue weighted by molar-refractivity contribution is 0.0998. The normalized spacial score (nSPS) is 15.9. The molecule has 0 aliphatic carbocycles. The Morgan fingerprint density at radius 3 is 2.14 bits per heavy atom. The molecule has 2 aliphatic rings. The van der Waals surface area contributed by atoms with Gasteiger partial charge in [0.25, 0.3) is 0 Å². The number of amides is 1. The van der Waals surface area contributed by atoms with Gasteiger partial charge in [-0.15, -0.1) is 0 Å². The first-order valence-electron chi connectivity index (χ1n) is 12.5. The molecular weight excluding hydrogens is 452 g/mol. The number of nitrogens with one attached hydrogen (secondary N) is 1. The summed E-state index contributed by atoms with van der Waals surface area (Å²) in [5, 5.41) is 21.8. The first kappa shape index (κ1) is 25.3. The van der Waals surface area contributed by atoms with Crippen LogP contribution in [0.1, 0.15) is 41.9 Å². The number of benzene rings is 3. The van der Waals surface area contributed by atoms with Crippen molar-refractivity contribution in [1.29, 1.82) is 0 Å². The van der Waals surface area contributed by atoms with Crippen LogP contribution in [0.15, 0.2) is 84.9 Å². The summed E-state index contributed by atoms with van der Waals surface area (Å²) < 4.78 is 5.35. The fraction of sp³-hybridized carbons (Fsp3) is 0.300. The lowest BCUT2D eigenvalue weighted by atomic mass is 9.90. The molecule has 0 bridgehead atoms. The fourth-order valence-electron chi connectivity index (χ4n) is 4.49. The Morgan fingerprint density at radius 2 is 1.53 bits per heavy atom. The van der Waals surface area contributed by atoms with Gasteiger partial charge in [-0.25, -0.2) is 4.79 Å². The van der Waals surface area contributed by atoms with Crippen molar-refractivity contribution in [2.24, 2.45) is 0 Å². The molecule has 3 aromatic rings. The van der Waals surface area contributed by atoms with E-state index in [-0.39, 0.29) is 11.8 Å². The Morgan fingerprint density at radius 1 is 0.889 bits per heavy atom. The van der Waals surface area contributed by atoms with Gasteiger partial charge in [0.15, 0.2) is 0 Å². The van der Waals surface area contributed by atoms with Gasteiger partial charge >= 0.3 is 6.09 Å². The molecule has 188 valence electrons. The fourth-order valence-corrected chi connectivity index (χ4v) is 4.49. The van der Waals surface area contributed by atoms with Gasteiger partial charge in [0.05, 0.1) is 0 Å². The quantitative estimate of drug-likeness (QED) is 0.442. The molecule has 5 rings (SSSR count). The van der Waals surface area contributed by atoms with Gasteiger partial charge in [-0.05, 0) is 84.8 Å². The van der Waals surface area contributed by atoms with Gasteiger partial charge in [-0.3, -0.25) is 0 Å². The maximum absolute atomic E-state index is 12.1. The average molecular weight is 487 g/mol. The lowest BCUT2D eigenvalue weighted by Gasteiger charge is -2.26. The number of rotatable bonds is 4. The van der Waals surface area contributed by atoms with Gasteiger partial charge in [0, 0.05) is 13.1 Å². The Bertz CT molecular complexity index is 1120. The molecule has 0 spiro atoms. The molecule has 0 aromatic heterocycles. The first-order valence-corrected chi connectivity index (χ1v) is 12.5. The standard InChI is InChI=1S/C19H19NO3.C11H15NO/c21-18-8-6-16(7-9-18)17-10-12-20(13-11-17)19(22)23-14-15-4-2-1-3-5-15;13-11-3-1-9(2-4-11)10-5-7-12-8-6-10/h1-10,21H,11-14H2;1-4,10,12-13H,5-8H2. The highest BCUT2D eigenvalue weighted by Gasteiger charge is 2.19. The molecule has 1 amide bonds. The van der Waals surface area contributed by atoms with E-state index >= 15 is 0 Å². The molecule has 36 heavy (non-hydrogen) atoms. The van der Waals surface area contributed by atoms with Crippen molar-refractivity contribution < 1.29 is 19.7 Å². The van der Waals surface area contributed by atoms with E-state index in [2.05, 4.69) is 5.32 Å². The number of phenolic OH excluding ortho intramolecular Hbond substituents is 2. The number of phenols is 2. The van der Waals surface area contributed by atoms with Crippen molar-refractivity contribution in [3.8, 4) is 11.5 Å². The van der Waals surface area contributed by atoms with E-state index in [0.717, 1.165) is 30.6 Å². The molecule has 2 aliphatic heterocycles. The molecule has 0 radical (unpaired) electrons. The summed E-state index contributed by atoms with van der Waals surface area (Å²) >= 11 is 0. The number of ether oxygens (including phenoxy) is 1. The molecule has 6 nitrogen and oxygen atoms in total. The third-order valence-corrected chi connectivity index (χ3v) is 6.61. The SMILES string of the molecule is O=C(OCc1ccccc1)N1CC=C(c2ccc(O)cc2)CC1.Oc1ccc(C2CCNCC2)cc1. The highest BCUT2D eigenvalue weighted by atomic mass is 16.6. The number of hydrogen-bond acceptors (Lipinski definition) is 5. The lowest BCUT2D eigenvalue weighted by Crippen LogP contribution is -2.35. The summed E-state index contributed by atoms with van der Waals surface area (Å²) in [4.78, 5) is 13.8. The molecule has 2 heterocycles. The third kappa shape index (κ3) is 7.36. The van der Waals surface area contributed by atoms with Crippen LogP contribution in [0, 0.1) is 0 Å². The molecule has 3 N–H and O–H groups in total. The van der Waals surface area contributed by atoms with Crippen molar-refractivity contribution >= 4 is 11.7 Å². The topological polar surface area (TPSA) is 82.0 Å². The number of nitrogens with zero attached hydrogens (tertiary/aromatic N) is 1. The minimum Gasteiger partial charge on any atom is -0.508 e. The van der Waals surface area contributed by atoms with Crippen molar-refractivity contribution in [3.05, 3.63) is 102 Å². The van der Waals surface area contributed by atoms with E-state index in [0.29, 0.717) is 31.4 Å². The van der Waals surface area contributed by atoms with E-state index < -0.39 is 0 Å². The van der Waals surface area contributed by atoms with Crippen LogP contribution in [0.5, 0.6) is 11.5 Å². The highest BCUT2D eigenvalue weighted by Crippen LogP contribution is 2.26. The number of carbonyl (C=O) groups is 1. The van der Waals surface area contributed by atoms with E-state index in [1.165, 1.54) is 24.0 Å². The Hall–Kier alpha value is -3.77. The van der Waals surface area contributed by atoms with E-state index in [4.69, 9.17) is 9.84 Å². The summed E-state index contributed by atoms with van der Waals surface area (Å²) in [6, 6.07) is 24.4. The minimum absolute atomic E-state index is 0.260. The molecule has 0 unspecified atom stereocenters. The van der Waals surface area contributed by atoms with Crippen LogP contribution in [-0.4, -0.2) is 47.4 Å². The molecule has 6 heteroatoms. The molecule has 1 fully saturated rings. The second kappa shape index (κ2) is 12.8. The summed E-state index contributed by atoms with van der Waals surface area (Å²) in [7, 11) is 0. The molecule has 3 aromatic carbocycles. The molecule has 1 saturated heterocycles. The summed E-state index contributed by atoms with van der Waals surface area (Å²) in [5.41, 5.74) is 4.62. The zero-order valence-electron chi connectivity index (χ0n) is 20.5. The predicted molar refractivity (Wildman–Crippen MR) is 142 cm³/mol. The van der Waals surface area contributed by atoms with Crippen LogP contribution in [0.2, 0.25) is 0 Å². The van der Waals surface area contributed by atoms with Crippen LogP contribution in [0.3, 0.4) is 0 Å². The number of carbonyl (C=O) groups excluding carboxylic acids is 1. The molecule has 0 saturated carbocycles. The second-order valence-electron chi connectivity index (χ2n) is 9.13. The van der Waals surface area contributed by atoms with Crippen molar-refractivity contribution in [1.82, 2.24) is 10.2 Å². The molecule has 0 atom stereocenters. The number of hydrogen-bond donors (Lipinski definition) is 3. The number of piperidine rings is 1. The van der Waals surface area contributed by atoms with E-state index in [1.54, 1.807) is 29.2 Å². The zero-order chi connectivity index (χ0) is 25.2. The van der Waals surface area contributed by atoms with E-state index in [9.17, 15) is 9.90 Å². The van der Waals surface area contributed by atoms with Crippen LogP contribution < -0.4 is 5.32 Å². The minimum atomic E-state index is -0.283. The first-order chi connectivity index (χ1) is 17.6. The van der Waals surface area contributed by atoms with Crippen molar-refractivity contribution in [3.63, 3.8) is 0 Å². The largest absolute Gasteiger partial charge is 0.508 e. The van der Waals surface area contributed by atoms with Crippen molar-refractivity contribution in [2.45, 2.75) is 31.8 Å². The van der Waals surface area contributed by atoms with Crippen LogP contribution in [0.25, 0.3) is 5.57 Å². The van der Waals surface area contributed by atoms with Crippen LogP contribution in [0.4, 0.5) is 4.79 Å². The smallest absolute Gasteiger partial charge is 0.410 e. The summed E-state index contributed by atoms with van der Waals surface area (Å²) in [6.07, 6.45) is 4.97. The monoisotopic (exact) mass is 486 g/mol. The molecular formula is C30H34N2O4. The average Bonchev–Trinajstić information content (AvgIpc) is 2.94. The van der Waals surface area contributed by atoms with Crippen LogP contribution in [-0.2, 0) is 11.3 Å².